The molecule has 1 amide bonds. The van der Waals surface area contributed by atoms with E-state index in [9.17, 15) is 4.79 Å². The molecule has 0 aliphatic carbocycles. The van der Waals surface area contributed by atoms with E-state index in [2.05, 4.69) is 22.6 Å². The van der Waals surface area contributed by atoms with Crippen LogP contribution >= 0.6 is 0 Å². The zero-order valence-corrected chi connectivity index (χ0v) is 12.0. The standard InChI is InChI=1S/C15H27N3O/c1-18-13-3-2-4-14(18)10-12(9-13)17-15(19)11-5-7-16-8-6-11/h11-14,16H,2-10H2,1H3,(H,17,19). The second kappa shape index (κ2) is 5.80. The molecule has 0 spiro atoms. The van der Waals surface area contributed by atoms with Gasteiger partial charge in [-0.1, -0.05) is 6.42 Å². The van der Waals surface area contributed by atoms with E-state index in [0.29, 0.717) is 24.0 Å². The molecule has 2 unspecified atom stereocenters. The molecule has 0 saturated carbocycles. The maximum atomic E-state index is 12.3. The van der Waals surface area contributed by atoms with E-state index in [-0.39, 0.29) is 5.92 Å². The van der Waals surface area contributed by atoms with Crippen LogP contribution in [0.1, 0.15) is 44.9 Å². The summed E-state index contributed by atoms with van der Waals surface area (Å²) in [5.74, 6) is 0.565. The summed E-state index contributed by atoms with van der Waals surface area (Å²) in [6.07, 6.45) is 8.32. The van der Waals surface area contributed by atoms with Crippen LogP contribution < -0.4 is 10.6 Å². The number of piperidine rings is 3. The van der Waals surface area contributed by atoms with E-state index < -0.39 is 0 Å². The number of hydrogen-bond donors (Lipinski definition) is 2. The van der Waals surface area contributed by atoms with Gasteiger partial charge in [0.2, 0.25) is 5.91 Å². The molecule has 3 rings (SSSR count). The maximum absolute atomic E-state index is 12.3. The highest BCUT2D eigenvalue weighted by Gasteiger charge is 2.37. The molecular weight excluding hydrogens is 238 g/mol. The molecule has 3 heterocycles. The number of nitrogens with one attached hydrogen (secondary N) is 2. The van der Waals surface area contributed by atoms with Gasteiger partial charge in [-0.2, -0.15) is 0 Å². The van der Waals surface area contributed by atoms with Gasteiger partial charge in [0.15, 0.2) is 0 Å². The van der Waals surface area contributed by atoms with Crippen LogP contribution in [0.5, 0.6) is 0 Å². The van der Waals surface area contributed by atoms with E-state index in [1.54, 1.807) is 0 Å². The summed E-state index contributed by atoms with van der Waals surface area (Å²) < 4.78 is 0. The summed E-state index contributed by atoms with van der Waals surface area (Å²) in [6, 6.07) is 1.82. The first kappa shape index (κ1) is 13.4. The van der Waals surface area contributed by atoms with Gasteiger partial charge in [0.25, 0.3) is 0 Å². The number of carbonyl (C=O) groups is 1. The van der Waals surface area contributed by atoms with Gasteiger partial charge in [-0.15, -0.1) is 0 Å². The van der Waals surface area contributed by atoms with Crippen molar-refractivity contribution in [3.63, 3.8) is 0 Å². The molecule has 3 fully saturated rings. The molecule has 2 N–H and O–H groups in total. The Kier molecular flexibility index (Phi) is 4.08. The van der Waals surface area contributed by atoms with Crippen molar-refractivity contribution in [2.75, 3.05) is 20.1 Å². The summed E-state index contributed by atoms with van der Waals surface area (Å²) in [7, 11) is 2.26. The highest BCUT2D eigenvalue weighted by atomic mass is 16.1. The first-order valence-corrected chi connectivity index (χ1v) is 7.97. The summed E-state index contributed by atoms with van der Waals surface area (Å²) in [5.41, 5.74) is 0. The number of carbonyl (C=O) groups excluding carboxylic acids is 1. The minimum absolute atomic E-state index is 0.251. The highest BCUT2D eigenvalue weighted by molar-refractivity contribution is 5.79. The summed E-state index contributed by atoms with van der Waals surface area (Å²) >= 11 is 0. The molecular formula is C15H27N3O. The SMILES string of the molecule is CN1C2CCCC1CC(NC(=O)C1CCNCC1)C2. The van der Waals surface area contributed by atoms with Gasteiger partial charge in [-0.3, -0.25) is 4.79 Å². The molecule has 2 bridgehead atoms. The van der Waals surface area contributed by atoms with Gasteiger partial charge in [-0.25, -0.2) is 0 Å². The van der Waals surface area contributed by atoms with Crippen molar-refractivity contribution >= 4 is 5.91 Å². The molecule has 0 aromatic heterocycles. The Morgan fingerprint density at radius 3 is 2.37 bits per heavy atom. The summed E-state index contributed by atoms with van der Waals surface area (Å²) in [6.45, 7) is 1.99. The number of rotatable bonds is 2. The molecule has 3 aliphatic heterocycles. The van der Waals surface area contributed by atoms with Crippen molar-refractivity contribution in [2.24, 2.45) is 5.92 Å². The van der Waals surface area contributed by atoms with Crippen LogP contribution in [-0.4, -0.2) is 49.1 Å². The number of amides is 1. The Morgan fingerprint density at radius 1 is 1.11 bits per heavy atom. The van der Waals surface area contributed by atoms with E-state index in [0.717, 1.165) is 38.8 Å². The van der Waals surface area contributed by atoms with Crippen LogP contribution in [0.25, 0.3) is 0 Å². The maximum Gasteiger partial charge on any atom is 0.223 e. The highest BCUT2D eigenvalue weighted by Crippen LogP contribution is 2.32. The zero-order chi connectivity index (χ0) is 13.2. The van der Waals surface area contributed by atoms with Crippen molar-refractivity contribution in [3.8, 4) is 0 Å². The molecule has 19 heavy (non-hydrogen) atoms. The molecule has 3 saturated heterocycles. The lowest BCUT2D eigenvalue weighted by molar-refractivity contribution is -0.127. The first-order chi connectivity index (χ1) is 9.24. The predicted octanol–water partition coefficient (Wildman–Crippen LogP) is 1.12. The fourth-order valence-corrected chi connectivity index (χ4v) is 4.14. The van der Waals surface area contributed by atoms with Gasteiger partial charge in [0.05, 0.1) is 0 Å². The van der Waals surface area contributed by atoms with Crippen molar-refractivity contribution in [3.05, 3.63) is 0 Å². The number of nitrogens with zero attached hydrogens (tertiary/aromatic N) is 1. The van der Waals surface area contributed by atoms with Gasteiger partial charge in [-0.05, 0) is 58.7 Å². The van der Waals surface area contributed by atoms with E-state index in [4.69, 9.17) is 0 Å². The van der Waals surface area contributed by atoms with Crippen molar-refractivity contribution < 1.29 is 4.79 Å². The largest absolute Gasteiger partial charge is 0.353 e. The Hall–Kier alpha value is -0.610. The van der Waals surface area contributed by atoms with Crippen LogP contribution in [-0.2, 0) is 4.79 Å². The normalized spacial score (nSPS) is 37.0. The average Bonchev–Trinajstić information content (AvgIpc) is 2.41. The molecule has 0 radical (unpaired) electrons. The second-order valence-electron chi connectivity index (χ2n) is 6.61. The van der Waals surface area contributed by atoms with E-state index in [1.165, 1.54) is 19.3 Å². The quantitative estimate of drug-likeness (QED) is 0.786. The fourth-order valence-electron chi connectivity index (χ4n) is 4.14. The van der Waals surface area contributed by atoms with Crippen LogP contribution in [0.4, 0.5) is 0 Å². The lowest BCUT2D eigenvalue weighted by Crippen LogP contribution is -2.56. The van der Waals surface area contributed by atoms with Crippen molar-refractivity contribution in [2.45, 2.75) is 63.1 Å². The Bertz CT molecular complexity index is 313. The fraction of sp³-hybridized carbons (Fsp3) is 0.933. The van der Waals surface area contributed by atoms with E-state index in [1.807, 2.05) is 0 Å². The Balaban J connectivity index is 1.54. The lowest BCUT2D eigenvalue weighted by atomic mass is 9.82. The first-order valence-electron chi connectivity index (χ1n) is 7.97. The minimum Gasteiger partial charge on any atom is -0.353 e. The van der Waals surface area contributed by atoms with Gasteiger partial charge in [0, 0.05) is 24.0 Å². The van der Waals surface area contributed by atoms with Gasteiger partial charge in [0.1, 0.15) is 0 Å². The third-order valence-electron chi connectivity index (χ3n) is 5.40. The number of fused-ring (bicyclic) bond motifs is 2. The Labute approximate surface area is 116 Å². The van der Waals surface area contributed by atoms with Gasteiger partial charge >= 0.3 is 0 Å². The monoisotopic (exact) mass is 265 g/mol. The molecule has 0 aromatic carbocycles. The van der Waals surface area contributed by atoms with Gasteiger partial charge < -0.3 is 15.5 Å². The second-order valence-corrected chi connectivity index (χ2v) is 6.61. The molecule has 4 heteroatoms. The molecule has 0 aromatic rings. The third-order valence-corrected chi connectivity index (χ3v) is 5.40. The minimum atomic E-state index is 0.251. The Morgan fingerprint density at radius 2 is 1.74 bits per heavy atom. The molecule has 2 atom stereocenters. The lowest BCUT2D eigenvalue weighted by Gasteiger charge is -2.47. The topological polar surface area (TPSA) is 44.4 Å². The summed E-state index contributed by atoms with van der Waals surface area (Å²) in [5, 5.41) is 6.67. The van der Waals surface area contributed by atoms with Crippen LogP contribution in [0.2, 0.25) is 0 Å². The number of hydrogen-bond acceptors (Lipinski definition) is 3. The van der Waals surface area contributed by atoms with Crippen LogP contribution in [0.15, 0.2) is 0 Å². The molecule has 4 nitrogen and oxygen atoms in total. The van der Waals surface area contributed by atoms with Crippen molar-refractivity contribution in [1.29, 1.82) is 0 Å². The predicted molar refractivity (Wildman–Crippen MR) is 75.9 cm³/mol. The van der Waals surface area contributed by atoms with Crippen LogP contribution in [0, 0.1) is 5.92 Å². The molecule has 3 aliphatic rings. The van der Waals surface area contributed by atoms with E-state index >= 15 is 0 Å². The molecule has 108 valence electrons. The van der Waals surface area contributed by atoms with Crippen molar-refractivity contribution in [1.82, 2.24) is 15.5 Å². The van der Waals surface area contributed by atoms with Crippen LogP contribution in [0.3, 0.4) is 0 Å². The summed E-state index contributed by atoms with van der Waals surface area (Å²) in [4.78, 5) is 14.9. The smallest absolute Gasteiger partial charge is 0.223 e. The third kappa shape index (κ3) is 2.95. The average molecular weight is 265 g/mol. The zero-order valence-electron chi connectivity index (χ0n) is 12.0.